The molecule has 0 unspecified atom stereocenters. The van der Waals surface area contributed by atoms with Crippen molar-refractivity contribution in [3.05, 3.63) is 41.5 Å². The Morgan fingerprint density at radius 1 is 1.17 bits per heavy atom. The molecule has 2 aromatic rings. The summed E-state index contributed by atoms with van der Waals surface area (Å²) in [6.45, 7) is 2.86. The van der Waals surface area contributed by atoms with Crippen LogP contribution in [0.1, 0.15) is 48.9 Å². The van der Waals surface area contributed by atoms with Gasteiger partial charge in [0.1, 0.15) is 0 Å². The molecule has 2 aliphatic rings. The van der Waals surface area contributed by atoms with Gasteiger partial charge in [-0.1, -0.05) is 24.2 Å². The molecule has 4 rings (SSSR count). The van der Waals surface area contributed by atoms with Gasteiger partial charge >= 0.3 is 0 Å². The Morgan fingerprint density at radius 2 is 1.87 bits per heavy atom. The van der Waals surface area contributed by atoms with Crippen LogP contribution >= 0.6 is 0 Å². The minimum Gasteiger partial charge on any atom is -0.339 e. The first kappa shape index (κ1) is 14.8. The Balaban J connectivity index is 1.44. The van der Waals surface area contributed by atoms with Gasteiger partial charge in [-0.25, -0.2) is 8.42 Å². The molecule has 0 bridgehead atoms. The van der Waals surface area contributed by atoms with Crippen LogP contribution in [0.2, 0.25) is 0 Å². The number of aromatic nitrogens is 2. The summed E-state index contributed by atoms with van der Waals surface area (Å²) in [6.07, 6.45) is 3.14. The average molecular weight is 333 g/mol. The summed E-state index contributed by atoms with van der Waals surface area (Å²) < 4.78 is 31.9. The maximum atomic E-state index is 12.6. The first-order valence-corrected chi connectivity index (χ1v) is 9.44. The molecule has 6 nitrogen and oxygen atoms in total. The Hall–Kier alpha value is -1.73. The number of nitrogens with zero attached hydrogens (tertiary/aromatic N) is 3. The average Bonchev–Trinajstić information content (AvgIpc) is 3.25. The summed E-state index contributed by atoms with van der Waals surface area (Å²) in [4.78, 5) is 4.75. The highest BCUT2D eigenvalue weighted by Crippen LogP contribution is 2.39. The molecule has 1 aromatic heterocycles. The first-order valence-electron chi connectivity index (χ1n) is 8.00. The summed E-state index contributed by atoms with van der Waals surface area (Å²) in [5.41, 5.74) is 1.13. The van der Waals surface area contributed by atoms with Crippen LogP contribution in [0.3, 0.4) is 0 Å². The number of hydrogen-bond acceptors (Lipinski definition) is 5. The van der Waals surface area contributed by atoms with E-state index in [1.54, 1.807) is 12.1 Å². The van der Waals surface area contributed by atoms with Gasteiger partial charge < -0.3 is 4.52 Å². The maximum Gasteiger partial charge on any atom is 0.243 e. The van der Waals surface area contributed by atoms with E-state index in [1.807, 2.05) is 19.1 Å². The van der Waals surface area contributed by atoms with Gasteiger partial charge in [-0.3, -0.25) is 0 Å². The Labute approximate surface area is 135 Å². The van der Waals surface area contributed by atoms with Crippen molar-refractivity contribution in [2.45, 2.75) is 42.9 Å². The monoisotopic (exact) mass is 333 g/mol. The van der Waals surface area contributed by atoms with Crippen molar-refractivity contribution in [3.8, 4) is 0 Å². The number of benzene rings is 1. The van der Waals surface area contributed by atoms with E-state index in [0.717, 1.165) is 30.7 Å². The quantitative estimate of drug-likeness (QED) is 0.839. The fourth-order valence-electron chi connectivity index (χ4n) is 2.76. The molecule has 0 spiro atoms. The van der Waals surface area contributed by atoms with Gasteiger partial charge in [0.15, 0.2) is 5.82 Å². The van der Waals surface area contributed by atoms with E-state index in [-0.39, 0.29) is 5.92 Å². The van der Waals surface area contributed by atoms with Gasteiger partial charge in [0, 0.05) is 19.0 Å². The molecule has 0 amide bonds. The zero-order valence-electron chi connectivity index (χ0n) is 13.0. The van der Waals surface area contributed by atoms with Crippen molar-refractivity contribution in [3.63, 3.8) is 0 Å². The SMILES string of the molecule is CCc1ccc(S(=O)(=O)N2CC(c3nc(C4CC4)no3)C2)cc1. The molecule has 122 valence electrons. The molecule has 23 heavy (non-hydrogen) atoms. The molecule has 1 aliphatic carbocycles. The highest BCUT2D eigenvalue weighted by molar-refractivity contribution is 7.89. The smallest absolute Gasteiger partial charge is 0.243 e. The van der Waals surface area contributed by atoms with Crippen LogP contribution < -0.4 is 0 Å². The van der Waals surface area contributed by atoms with E-state index in [1.165, 1.54) is 4.31 Å². The molecule has 0 atom stereocenters. The Morgan fingerprint density at radius 3 is 2.48 bits per heavy atom. The van der Waals surface area contributed by atoms with Crippen LogP contribution in [0.5, 0.6) is 0 Å². The summed E-state index contributed by atoms with van der Waals surface area (Å²) >= 11 is 0. The molecule has 0 radical (unpaired) electrons. The van der Waals surface area contributed by atoms with Crippen molar-refractivity contribution < 1.29 is 12.9 Å². The summed E-state index contributed by atoms with van der Waals surface area (Å²) in [6, 6.07) is 7.09. The number of sulfonamides is 1. The van der Waals surface area contributed by atoms with Crippen molar-refractivity contribution in [2.24, 2.45) is 0 Å². The van der Waals surface area contributed by atoms with Crippen LogP contribution in [0.15, 0.2) is 33.7 Å². The summed E-state index contributed by atoms with van der Waals surface area (Å²) in [5, 5.41) is 3.99. The van der Waals surface area contributed by atoms with Crippen molar-refractivity contribution in [1.82, 2.24) is 14.4 Å². The molecule has 1 saturated carbocycles. The van der Waals surface area contributed by atoms with Gasteiger partial charge in [0.05, 0.1) is 10.8 Å². The molecule has 2 heterocycles. The third kappa shape index (κ3) is 2.68. The lowest BCUT2D eigenvalue weighted by Crippen LogP contribution is -2.48. The minimum absolute atomic E-state index is 0.0136. The third-order valence-corrected chi connectivity index (χ3v) is 6.41. The largest absolute Gasteiger partial charge is 0.339 e. The van der Waals surface area contributed by atoms with E-state index < -0.39 is 10.0 Å². The lowest BCUT2D eigenvalue weighted by Gasteiger charge is -2.35. The fraction of sp³-hybridized carbons (Fsp3) is 0.500. The predicted molar refractivity (Wildman–Crippen MR) is 83.6 cm³/mol. The summed E-state index contributed by atoms with van der Waals surface area (Å²) in [5.74, 6) is 1.81. The maximum absolute atomic E-state index is 12.6. The van der Waals surface area contributed by atoms with Gasteiger partial charge in [-0.2, -0.15) is 9.29 Å². The van der Waals surface area contributed by atoms with Crippen molar-refractivity contribution in [1.29, 1.82) is 0 Å². The Kier molecular flexibility index (Phi) is 3.50. The minimum atomic E-state index is -3.42. The Bertz CT molecular complexity index is 803. The molecule has 1 aliphatic heterocycles. The van der Waals surface area contributed by atoms with E-state index in [0.29, 0.717) is 29.8 Å². The number of rotatable bonds is 5. The van der Waals surface area contributed by atoms with Crippen molar-refractivity contribution >= 4 is 10.0 Å². The number of aryl methyl sites for hydroxylation is 1. The van der Waals surface area contributed by atoms with E-state index in [4.69, 9.17) is 4.52 Å². The van der Waals surface area contributed by atoms with Gasteiger partial charge in [-0.05, 0) is 37.0 Å². The zero-order chi connectivity index (χ0) is 16.0. The predicted octanol–water partition coefficient (Wildman–Crippen LogP) is 2.30. The molecule has 0 N–H and O–H groups in total. The van der Waals surface area contributed by atoms with Gasteiger partial charge in [-0.15, -0.1) is 0 Å². The fourth-order valence-corrected chi connectivity index (χ4v) is 4.29. The van der Waals surface area contributed by atoms with E-state index in [9.17, 15) is 8.42 Å². The topological polar surface area (TPSA) is 76.3 Å². The highest BCUT2D eigenvalue weighted by atomic mass is 32.2. The lowest BCUT2D eigenvalue weighted by molar-refractivity contribution is 0.216. The molecular weight excluding hydrogens is 314 g/mol. The molecule has 1 aromatic carbocycles. The molecular formula is C16H19N3O3S. The number of hydrogen-bond donors (Lipinski definition) is 0. The van der Waals surface area contributed by atoms with E-state index >= 15 is 0 Å². The van der Waals surface area contributed by atoms with Gasteiger partial charge in [0.2, 0.25) is 15.9 Å². The lowest BCUT2D eigenvalue weighted by atomic mass is 10.0. The van der Waals surface area contributed by atoms with E-state index in [2.05, 4.69) is 10.1 Å². The molecule has 1 saturated heterocycles. The highest BCUT2D eigenvalue weighted by Gasteiger charge is 2.41. The first-order chi connectivity index (χ1) is 11.1. The second-order valence-corrected chi connectivity index (χ2v) is 8.22. The van der Waals surface area contributed by atoms with Crippen LogP contribution in [0, 0.1) is 0 Å². The molecule has 7 heteroatoms. The van der Waals surface area contributed by atoms with Crippen LogP contribution in [-0.4, -0.2) is 36.0 Å². The second-order valence-electron chi connectivity index (χ2n) is 6.28. The standard InChI is InChI=1S/C16H19N3O3S/c1-2-11-3-7-14(8-4-11)23(20,21)19-9-13(10-19)16-17-15(18-22-16)12-5-6-12/h3-4,7-8,12-13H,2,5-6,9-10H2,1H3. The van der Waals surface area contributed by atoms with Crippen LogP contribution in [0.25, 0.3) is 0 Å². The molecule has 2 fully saturated rings. The van der Waals surface area contributed by atoms with Crippen LogP contribution in [0.4, 0.5) is 0 Å². The van der Waals surface area contributed by atoms with Gasteiger partial charge in [0.25, 0.3) is 0 Å². The second kappa shape index (κ2) is 5.42. The van der Waals surface area contributed by atoms with Crippen molar-refractivity contribution in [2.75, 3.05) is 13.1 Å². The summed E-state index contributed by atoms with van der Waals surface area (Å²) in [7, 11) is -3.42. The zero-order valence-corrected chi connectivity index (χ0v) is 13.8. The van der Waals surface area contributed by atoms with Crippen LogP contribution in [-0.2, 0) is 16.4 Å². The third-order valence-electron chi connectivity index (χ3n) is 4.57. The normalized spacial score (nSPS) is 19.7.